The minimum Gasteiger partial charge on any atom is -0.496 e. The second kappa shape index (κ2) is 7.85. The highest BCUT2D eigenvalue weighted by Gasteiger charge is 2.34. The van der Waals surface area contributed by atoms with Crippen molar-refractivity contribution in [1.29, 1.82) is 0 Å². The fraction of sp³-hybridized carbons (Fsp3) is 0.192. The molecule has 1 aliphatic carbocycles. The molecule has 3 aromatic rings. The van der Waals surface area contributed by atoms with E-state index in [1.807, 2.05) is 48.5 Å². The summed E-state index contributed by atoms with van der Waals surface area (Å²) in [5, 5.41) is 0. The average Bonchev–Trinajstić information content (AvgIpc) is 3.19. The van der Waals surface area contributed by atoms with Gasteiger partial charge < -0.3 is 4.74 Å². The van der Waals surface area contributed by atoms with Crippen LogP contribution in [0.1, 0.15) is 45.3 Å². The second-order valence-electron chi connectivity index (χ2n) is 7.36. The summed E-state index contributed by atoms with van der Waals surface area (Å²) in [4.78, 5) is 13.4. The van der Waals surface area contributed by atoms with Gasteiger partial charge in [0.05, 0.1) is 7.11 Å². The van der Waals surface area contributed by atoms with Gasteiger partial charge >= 0.3 is 0 Å². The van der Waals surface area contributed by atoms with Crippen LogP contribution in [0.2, 0.25) is 0 Å². The minimum atomic E-state index is 0.0233. The Morgan fingerprint density at radius 3 is 2.29 bits per heavy atom. The molecule has 0 amide bonds. The van der Waals surface area contributed by atoms with Crippen molar-refractivity contribution in [2.75, 3.05) is 7.11 Å². The van der Waals surface area contributed by atoms with E-state index in [4.69, 9.17) is 4.74 Å². The van der Waals surface area contributed by atoms with Crippen molar-refractivity contribution in [3.8, 4) is 5.75 Å². The van der Waals surface area contributed by atoms with E-state index in [-0.39, 0.29) is 17.6 Å². The van der Waals surface area contributed by atoms with E-state index in [0.29, 0.717) is 0 Å². The van der Waals surface area contributed by atoms with E-state index in [2.05, 4.69) is 43.3 Å². The number of aryl methyl sites for hydroxylation is 1. The normalized spacial score (nSPS) is 18.6. The van der Waals surface area contributed by atoms with E-state index in [9.17, 15) is 4.79 Å². The summed E-state index contributed by atoms with van der Waals surface area (Å²) in [5.74, 6) is 1.18. The van der Waals surface area contributed by atoms with E-state index < -0.39 is 0 Å². The molecule has 0 spiro atoms. The molecule has 0 saturated carbocycles. The van der Waals surface area contributed by atoms with E-state index in [0.717, 1.165) is 28.9 Å². The molecule has 2 unspecified atom stereocenters. The number of benzene rings is 3. The average molecular weight is 368 g/mol. The van der Waals surface area contributed by atoms with Crippen LogP contribution in [-0.2, 0) is 0 Å². The summed E-state index contributed by atoms with van der Waals surface area (Å²) in [5.41, 5.74) is 5.17. The first kappa shape index (κ1) is 18.2. The van der Waals surface area contributed by atoms with Crippen molar-refractivity contribution in [2.45, 2.75) is 25.2 Å². The van der Waals surface area contributed by atoms with E-state index >= 15 is 0 Å². The largest absolute Gasteiger partial charge is 0.496 e. The van der Waals surface area contributed by atoms with Gasteiger partial charge in [-0.15, -0.1) is 0 Å². The van der Waals surface area contributed by atoms with E-state index in [1.165, 1.54) is 11.1 Å². The number of hydrogen-bond donors (Lipinski definition) is 0. The number of para-hydroxylation sites is 1. The number of methoxy groups -OCH3 is 1. The molecule has 3 aromatic carbocycles. The number of carbonyl (C=O) groups excluding carboxylic acids is 1. The standard InChI is InChI=1S/C26H24O2/c1-18-12-14-19(15-13-18)21-16-23(22-10-6-7-11-25(22)28-2)24(17-21)26(27)20-8-4-3-5-9-20/h3-15,17,21,23H,16H2,1-2H3. The summed E-state index contributed by atoms with van der Waals surface area (Å²) in [6, 6.07) is 26.2. The SMILES string of the molecule is COc1ccccc1C1CC(c2ccc(C)cc2)C=C1C(=O)c1ccccc1. The number of carbonyl (C=O) groups is 1. The van der Waals surface area contributed by atoms with Gasteiger partial charge in [-0.25, -0.2) is 0 Å². The van der Waals surface area contributed by atoms with Crippen molar-refractivity contribution in [3.05, 3.63) is 113 Å². The van der Waals surface area contributed by atoms with Gasteiger partial charge in [-0.05, 0) is 25.0 Å². The van der Waals surface area contributed by atoms with Crippen LogP contribution in [0.5, 0.6) is 5.75 Å². The molecule has 2 heteroatoms. The van der Waals surface area contributed by atoms with E-state index in [1.54, 1.807) is 7.11 Å². The van der Waals surface area contributed by atoms with Crippen molar-refractivity contribution in [2.24, 2.45) is 0 Å². The number of ketones is 1. The molecule has 1 aliphatic rings. The van der Waals surface area contributed by atoms with Crippen LogP contribution < -0.4 is 4.74 Å². The molecule has 0 aromatic heterocycles. The third kappa shape index (κ3) is 3.50. The molecule has 0 N–H and O–H groups in total. The Kier molecular flexibility index (Phi) is 5.12. The van der Waals surface area contributed by atoms with Gasteiger partial charge in [0, 0.05) is 28.5 Å². The lowest BCUT2D eigenvalue weighted by atomic mass is 9.86. The first-order chi connectivity index (χ1) is 13.7. The van der Waals surface area contributed by atoms with Gasteiger partial charge in [-0.3, -0.25) is 4.79 Å². The summed E-state index contributed by atoms with van der Waals surface area (Å²) >= 11 is 0. The van der Waals surface area contributed by atoms with Gasteiger partial charge in [0.15, 0.2) is 5.78 Å². The predicted octanol–water partition coefficient (Wildman–Crippen LogP) is 6.08. The molecule has 140 valence electrons. The number of Topliss-reactive ketones (excluding diaryl/α,β-unsaturated/α-hetero) is 1. The number of rotatable bonds is 5. The zero-order valence-corrected chi connectivity index (χ0v) is 16.3. The maximum Gasteiger partial charge on any atom is 0.189 e. The summed E-state index contributed by atoms with van der Waals surface area (Å²) in [7, 11) is 1.69. The maximum absolute atomic E-state index is 13.4. The van der Waals surface area contributed by atoms with Gasteiger partial charge in [0.25, 0.3) is 0 Å². The van der Waals surface area contributed by atoms with Crippen molar-refractivity contribution >= 4 is 5.78 Å². The minimum absolute atomic E-state index is 0.0233. The zero-order valence-electron chi connectivity index (χ0n) is 16.3. The highest BCUT2D eigenvalue weighted by atomic mass is 16.5. The zero-order chi connectivity index (χ0) is 19.5. The van der Waals surface area contributed by atoms with Crippen molar-refractivity contribution in [3.63, 3.8) is 0 Å². The molecule has 2 nitrogen and oxygen atoms in total. The van der Waals surface area contributed by atoms with Gasteiger partial charge in [-0.2, -0.15) is 0 Å². The van der Waals surface area contributed by atoms with Crippen LogP contribution >= 0.6 is 0 Å². The van der Waals surface area contributed by atoms with Crippen LogP contribution in [0, 0.1) is 6.92 Å². The van der Waals surface area contributed by atoms with Gasteiger partial charge in [-0.1, -0.05) is 84.4 Å². The molecule has 0 aliphatic heterocycles. The molecular weight excluding hydrogens is 344 g/mol. The third-order valence-corrected chi connectivity index (χ3v) is 5.56. The Morgan fingerprint density at radius 1 is 0.893 bits per heavy atom. The number of hydrogen-bond acceptors (Lipinski definition) is 2. The molecule has 0 heterocycles. The lowest BCUT2D eigenvalue weighted by molar-refractivity contribution is 0.102. The Labute approximate surface area is 166 Å². The summed E-state index contributed by atoms with van der Waals surface area (Å²) in [6.07, 6.45) is 3.04. The fourth-order valence-corrected chi connectivity index (χ4v) is 4.07. The number of allylic oxidation sites excluding steroid dienone is 2. The molecule has 0 bridgehead atoms. The molecule has 28 heavy (non-hydrogen) atoms. The maximum atomic E-state index is 13.4. The van der Waals surface area contributed by atoms with Crippen molar-refractivity contribution < 1.29 is 9.53 Å². The molecular formula is C26H24O2. The lowest BCUT2D eigenvalue weighted by Crippen LogP contribution is -2.10. The molecule has 2 atom stereocenters. The topological polar surface area (TPSA) is 26.3 Å². The molecule has 0 saturated heterocycles. The monoisotopic (exact) mass is 368 g/mol. The lowest BCUT2D eigenvalue weighted by Gasteiger charge is -2.19. The van der Waals surface area contributed by atoms with Crippen LogP contribution in [0.4, 0.5) is 0 Å². The van der Waals surface area contributed by atoms with Crippen molar-refractivity contribution in [1.82, 2.24) is 0 Å². The van der Waals surface area contributed by atoms with Gasteiger partial charge in [0.2, 0.25) is 0 Å². The second-order valence-corrected chi connectivity index (χ2v) is 7.36. The van der Waals surface area contributed by atoms with Crippen LogP contribution in [0.15, 0.2) is 90.5 Å². The van der Waals surface area contributed by atoms with Crippen LogP contribution in [0.3, 0.4) is 0 Å². The quantitative estimate of drug-likeness (QED) is 0.510. The number of ether oxygens (including phenoxy) is 1. The predicted molar refractivity (Wildman–Crippen MR) is 113 cm³/mol. The first-order valence-electron chi connectivity index (χ1n) is 9.68. The van der Waals surface area contributed by atoms with Crippen LogP contribution in [0.25, 0.3) is 0 Å². The summed E-state index contributed by atoms with van der Waals surface area (Å²) in [6.45, 7) is 2.09. The molecule has 4 rings (SSSR count). The Hall–Kier alpha value is -3.13. The van der Waals surface area contributed by atoms with Gasteiger partial charge in [0.1, 0.15) is 5.75 Å². The molecule has 0 radical (unpaired) electrons. The smallest absolute Gasteiger partial charge is 0.189 e. The van der Waals surface area contributed by atoms with Crippen LogP contribution in [-0.4, -0.2) is 12.9 Å². The third-order valence-electron chi connectivity index (χ3n) is 5.56. The highest BCUT2D eigenvalue weighted by molar-refractivity contribution is 6.10. The Balaban J connectivity index is 1.77. The molecule has 0 fully saturated rings. The fourth-order valence-electron chi connectivity index (χ4n) is 4.07. The summed E-state index contributed by atoms with van der Waals surface area (Å²) < 4.78 is 5.61. The first-order valence-corrected chi connectivity index (χ1v) is 9.68. The Morgan fingerprint density at radius 2 is 1.57 bits per heavy atom. The highest BCUT2D eigenvalue weighted by Crippen LogP contribution is 2.46. The Bertz CT molecular complexity index is 1000.